The number of methoxy groups -OCH3 is 2. The average molecular weight is 568 g/mol. The summed E-state index contributed by atoms with van der Waals surface area (Å²) in [5.41, 5.74) is 2.12. The van der Waals surface area contributed by atoms with E-state index >= 15 is 0 Å². The molecule has 3 rings (SSSR count). The summed E-state index contributed by atoms with van der Waals surface area (Å²) >= 11 is 0. The molecule has 0 radical (unpaired) electrons. The fourth-order valence-electron chi connectivity index (χ4n) is 3.52. The average Bonchev–Trinajstić information content (AvgIpc) is 3.28. The van der Waals surface area contributed by atoms with Gasteiger partial charge in [-0.1, -0.05) is 6.07 Å². The molecular formula is C23H33IN6O3. The molecule has 1 atom stereocenters. The Balaban J connectivity index is 0.00000385. The van der Waals surface area contributed by atoms with Gasteiger partial charge in [-0.15, -0.1) is 24.0 Å². The number of nitrogens with one attached hydrogen (secondary N) is 3. The summed E-state index contributed by atoms with van der Waals surface area (Å²) < 4.78 is 10.8. The van der Waals surface area contributed by atoms with Crippen LogP contribution in [0.2, 0.25) is 0 Å². The van der Waals surface area contributed by atoms with Crippen molar-refractivity contribution in [3.05, 3.63) is 42.1 Å². The molecule has 0 saturated carbocycles. The minimum absolute atomic E-state index is 0. The zero-order chi connectivity index (χ0) is 22.9. The van der Waals surface area contributed by atoms with Crippen LogP contribution in [0.4, 0.5) is 11.5 Å². The Morgan fingerprint density at radius 1 is 1.21 bits per heavy atom. The maximum Gasteiger partial charge on any atom is 0.227 e. The monoisotopic (exact) mass is 568 g/mol. The first kappa shape index (κ1) is 26.5. The van der Waals surface area contributed by atoms with Crippen LogP contribution in [0.5, 0.6) is 11.5 Å². The molecule has 1 fully saturated rings. The first-order chi connectivity index (χ1) is 15.5. The van der Waals surface area contributed by atoms with Crippen LogP contribution in [0.3, 0.4) is 0 Å². The summed E-state index contributed by atoms with van der Waals surface area (Å²) in [7, 11) is 5.03. The smallest absolute Gasteiger partial charge is 0.227 e. The lowest BCUT2D eigenvalue weighted by atomic mass is 10.2. The van der Waals surface area contributed by atoms with E-state index in [4.69, 9.17) is 9.47 Å². The van der Waals surface area contributed by atoms with Gasteiger partial charge < -0.3 is 30.3 Å². The quantitative estimate of drug-likeness (QED) is 0.256. The number of aliphatic imine (C=N–C) groups is 1. The van der Waals surface area contributed by atoms with Crippen molar-refractivity contribution in [1.82, 2.24) is 15.6 Å². The third-order valence-electron chi connectivity index (χ3n) is 5.28. The zero-order valence-electron chi connectivity index (χ0n) is 19.6. The molecular weight excluding hydrogens is 535 g/mol. The molecule has 1 aliphatic heterocycles. The second-order valence-electron chi connectivity index (χ2n) is 7.66. The van der Waals surface area contributed by atoms with Crippen molar-refractivity contribution in [3.8, 4) is 11.5 Å². The molecule has 1 aromatic heterocycles. The molecule has 10 heteroatoms. The van der Waals surface area contributed by atoms with Crippen LogP contribution in [0.1, 0.15) is 18.4 Å². The van der Waals surface area contributed by atoms with Gasteiger partial charge in [0.25, 0.3) is 0 Å². The van der Waals surface area contributed by atoms with Crippen LogP contribution in [-0.2, 0) is 4.79 Å². The van der Waals surface area contributed by atoms with Gasteiger partial charge in [0.15, 0.2) is 5.96 Å². The molecule has 1 saturated heterocycles. The fourth-order valence-corrected chi connectivity index (χ4v) is 3.52. The molecule has 1 aliphatic rings. The van der Waals surface area contributed by atoms with Gasteiger partial charge in [0.2, 0.25) is 5.91 Å². The number of aryl methyl sites for hydroxylation is 1. The van der Waals surface area contributed by atoms with Crippen molar-refractivity contribution in [2.45, 2.75) is 25.8 Å². The van der Waals surface area contributed by atoms with Crippen molar-refractivity contribution in [1.29, 1.82) is 0 Å². The normalized spacial score (nSPS) is 15.5. The highest BCUT2D eigenvalue weighted by atomic mass is 127. The van der Waals surface area contributed by atoms with E-state index in [0.29, 0.717) is 24.7 Å². The van der Waals surface area contributed by atoms with Crippen LogP contribution < -0.4 is 30.3 Å². The minimum atomic E-state index is -0.0941. The SMILES string of the molecule is CN=C(NCCC(=O)Nc1ccc(C)cn1)NC1CCN(c2cc(OC)cc(OC)c2)C1.I. The lowest BCUT2D eigenvalue weighted by Crippen LogP contribution is -2.45. The van der Waals surface area contributed by atoms with Crippen LogP contribution in [0.25, 0.3) is 0 Å². The maximum absolute atomic E-state index is 12.1. The molecule has 1 aromatic carbocycles. The van der Waals surface area contributed by atoms with E-state index in [1.807, 2.05) is 31.2 Å². The van der Waals surface area contributed by atoms with E-state index in [-0.39, 0.29) is 35.9 Å². The van der Waals surface area contributed by atoms with Crippen molar-refractivity contribution in [3.63, 3.8) is 0 Å². The van der Waals surface area contributed by atoms with Gasteiger partial charge >= 0.3 is 0 Å². The number of carbonyl (C=O) groups excluding carboxylic acids is 1. The van der Waals surface area contributed by atoms with Crippen LogP contribution in [0, 0.1) is 6.92 Å². The summed E-state index contributed by atoms with van der Waals surface area (Å²) in [6.07, 6.45) is 3.02. The fraction of sp³-hybridized carbons (Fsp3) is 0.435. The van der Waals surface area contributed by atoms with Gasteiger partial charge in [-0.05, 0) is 25.0 Å². The van der Waals surface area contributed by atoms with Crippen molar-refractivity contribution >= 4 is 47.3 Å². The number of guanidine groups is 1. The zero-order valence-corrected chi connectivity index (χ0v) is 21.9. The first-order valence-corrected chi connectivity index (χ1v) is 10.7. The maximum atomic E-state index is 12.1. The number of hydrogen-bond acceptors (Lipinski definition) is 6. The predicted octanol–water partition coefficient (Wildman–Crippen LogP) is 2.80. The van der Waals surface area contributed by atoms with E-state index in [2.05, 4.69) is 30.8 Å². The molecule has 2 aromatic rings. The van der Waals surface area contributed by atoms with E-state index in [1.165, 1.54) is 0 Å². The van der Waals surface area contributed by atoms with Gasteiger partial charge in [-0.25, -0.2) is 4.98 Å². The first-order valence-electron chi connectivity index (χ1n) is 10.7. The molecule has 2 heterocycles. The van der Waals surface area contributed by atoms with E-state index in [9.17, 15) is 4.79 Å². The van der Waals surface area contributed by atoms with Crippen LogP contribution in [0.15, 0.2) is 41.5 Å². The van der Waals surface area contributed by atoms with Crippen molar-refractivity contribution in [2.24, 2.45) is 4.99 Å². The number of benzene rings is 1. The summed E-state index contributed by atoms with van der Waals surface area (Å²) in [5, 5.41) is 9.45. The number of carbonyl (C=O) groups is 1. The Hall–Kier alpha value is -2.76. The molecule has 0 aliphatic carbocycles. The standard InChI is InChI=1S/C23H32N6O3.HI/c1-16-5-6-21(26-14-16)28-22(30)7-9-25-23(24-2)27-17-8-10-29(15-17)18-11-19(31-3)13-20(12-18)32-4;/h5-6,11-14,17H,7-10,15H2,1-4H3,(H2,24,25,27)(H,26,28,30);1H. The molecule has 0 bridgehead atoms. The van der Waals surface area contributed by atoms with E-state index in [0.717, 1.165) is 42.3 Å². The summed E-state index contributed by atoms with van der Waals surface area (Å²) in [6.45, 7) is 4.17. The van der Waals surface area contributed by atoms with Gasteiger partial charge in [-0.3, -0.25) is 9.79 Å². The van der Waals surface area contributed by atoms with Gasteiger partial charge in [-0.2, -0.15) is 0 Å². The highest BCUT2D eigenvalue weighted by Gasteiger charge is 2.24. The Bertz CT molecular complexity index is 916. The summed E-state index contributed by atoms with van der Waals surface area (Å²) in [6, 6.07) is 9.85. The topological polar surface area (TPSA) is 100 Å². The highest BCUT2D eigenvalue weighted by Crippen LogP contribution is 2.30. The van der Waals surface area contributed by atoms with Gasteiger partial charge in [0, 0.05) is 69.2 Å². The molecule has 0 spiro atoms. The number of anilines is 2. The number of nitrogens with zero attached hydrogens (tertiary/aromatic N) is 3. The van der Waals surface area contributed by atoms with E-state index in [1.54, 1.807) is 33.5 Å². The lowest BCUT2D eigenvalue weighted by molar-refractivity contribution is -0.116. The number of pyridine rings is 1. The number of amides is 1. The largest absolute Gasteiger partial charge is 0.497 e. The van der Waals surface area contributed by atoms with E-state index < -0.39 is 0 Å². The Morgan fingerprint density at radius 2 is 1.94 bits per heavy atom. The Morgan fingerprint density at radius 3 is 2.55 bits per heavy atom. The molecule has 3 N–H and O–H groups in total. The summed E-state index contributed by atoms with van der Waals surface area (Å²) in [4.78, 5) is 22.9. The van der Waals surface area contributed by atoms with Gasteiger partial charge in [0.1, 0.15) is 17.3 Å². The second kappa shape index (κ2) is 13.1. The minimum Gasteiger partial charge on any atom is -0.497 e. The molecule has 1 unspecified atom stereocenters. The predicted molar refractivity (Wildman–Crippen MR) is 142 cm³/mol. The Kier molecular flexibility index (Phi) is 10.5. The number of rotatable bonds is 8. The lowest BCUT2D eigenvalue weighted by Gasteiger charge is -2.21. The highest BCUT2D eigenvalue weighted by molar-refractivity contribution is 14.0. The second-order valence-corrected chi connectivity index (χ2v) is 7.66. The third-order valence-corrected chi connectivity index (χ3v) is 5.28. The third kappa shape index (κ3) is 7.95. The summed E-state index contributed by atoms with van der Waals surface area (Å²) in [5.74, 6) is 2.69. The number of hydrogen-bond donors (Lipinski definition) is 3. The molecule has 180 valence electrons. The number of ether oxygens (including phenoxy) is 2. The molecule has 33 heavy (non-hydrogen) atoms. The molecule has 9 nitrogen and oxygen atoms in total. The number of aromatic nitrogens is 1. The van der Waals surface area contributed by atoms with Crippen LogP contribution in [-0.4, -0.2) is 63.8 Å². The van der Waals surface area contributed by atoms with Gasteiger partial charge in [0.05, 0.1) is 14.2 Å². The molecule has 1 amide bonds. The Labute approximate surface area is 212 Å². The number of halogens is 1. The van der Waals surface area contributed by atoms with Crippen molar-refractivity contribution < 1.29 is 14.3 Å². The van der Waals surface area contributed by atoms with Crippen molar-refractivity contribution in [2.75, 3.05) is 51.1 Å². The van der Waals surface area contributed by atoms with Crippen LogP contribution >= 0.6 is 24.0 Å².